The summed E-state index contributed by atoms with van der Waals surface area (Å²) >= 11 is 0. The van der Waals surface area contributed by atoms with E-state index in [2.05, 4.69) is 22.2 Å². The zero-order valence-corrected chi connectivity index (χ0v) is 18.3. The number of para-hydroxylation sites is 2. The highest BCUT2D eigenvalue weighted by atomic mass is 32.2. The number of rotatable bonds is 5. The summed E-state index contributed by atoms with van der Waals surface area (Å²) < 4.78 is 33.9. The van der Waals surface area contributed by atoms with Crippen molar-refractivity contribution in [1.29, 1.82) is 0 Å². The molecule has 1 heterocycles. The number of ether oxygens (including phenoxy) is 1. The predicted molar refractivity (Wildman–Crippen MR) is 125 cm³/mol. The summed E-state index contributed by atoms with van der Waals surface area (Å²) in [5.74, 6) is 0.771. The van der Waals surface area contributed by atoms with Crippen LogP contribution in [-0.4, -0.2) is 20.6 Å². The van der Waals surface area contributed by atoms with E-state index in [4.69, 9.17) is 4.74 Å². The quantitative estimate of drug-likeness (QED) is 0.477. The van der Waals surface area contributed by atoms with E-state index >= 15 is 0 Å². The number of hydrogen-bond donors (Lipinski definition) is 3. The molecule has 3 aromatic rings. The summed E-state index contributed by atoms with van der Waals surface area (Å²) in [5, 5.41) is 14.3. The fourth-order valence-electron chi connectivity index (χ4n) is 4.72. The number of hydrogen-bond acceptors (Lipinski definition) is 5. The molecule has 6 nitrogen and oxygen atoms in total. The van der Waals surface area contributed by atoms with Crippen LogP contribution in [0.5, 0.6) is 11.5 Å². The Morgan fingerprint density at radius 2 is 1.84 bits per heavy atom. The normalized spacial score (nSPS) is 21.3. The van der Waals surface area contributed by atoms with Gasteiger partial charge in [0, 0.05) is 22.9 Å². The van der Waals surface area contributed by atoms with Crippen LogP contribution in [0.1, 0.15) is 29.5 Å². The largest absolute Gasteiger partial charge is 0.504 e. The summed E-state index contributed by atoms with van der Waals surface area (Å²) in [6, 6.07) is 19.4. The fraction of sp³-hybridized carbons (Fsp3) is 0.200. The van der Waals surface area contributed by atoms with Crippen molar-refractivity contribution >= 4 is 21.4 Å². The average Bonchev–Trinajstić information content (AvgIpc) is 3.29. The molecule has 3 N–H and O–H groups in total. The van der Waals surface area contributed by atoms with Crippen LogP contribution < -0.4 is 14.8 Å². The highest BCUT2D eigenvalue weighted by Gasteiger charge is 2.39. The lowest BCUT2D eigenvalue weighted by Gasteiger charge is -2.38. The molecule has 3 aromatic carbocycles. The van der Waals surface area contributed by atoms with E-state index in [1.54, 1.807) is 42.5 Å². The molecule has 32 heavy (non-hydrogen) atoms. The predicted octanol–water partition coefficient (Wildman–Crippen LogP) is 5.03. The Morgan fingerprint density at radius 1 is 1.03 bits per heavy atom. The third-order valence-electron chi connectivity index (χ3n) is 6.26. The molecule has 1 aliphatic carbocycles. The van der Waals surface area contributed by atoms with Gasteiger partial charge in [-0.15, -0.1) is 0 Å². The highest BCUT2D eigenvalue weighted by molar-refractivity contribution is 7.92. The lowest BCUT2D eigenvalue weighted by molar-refractivity contribution is 0.358. The minimum Gasteiger partial charge on any atom is -0.504 e. The summed E-state index contributed by atoms with van der Waals surface area (Å²) in [6.07, 6.45) is 5.09. The molecule has 3 atom stereocenters. The van der Waals surface area contributed by atoms with Gasteiger partial charge in [-0.1, -0.05) is 42.5 Å². The van der Waals surface area contributed by atoms with Gasteiger partial charge >= 0.3 is 0 Å². The van der Waals surface area contributed by atoms with Crippen molar-refractivity contribution in [2.75, 3.05) is 17.1 Å². The zero-order chi connectivity index (χ0) is 22.3. The van der Waals surface area contributed by atoms with Crippen LogP contribution in [0.15, 0.2) is 83.8 Å². The maximum Gasteiger partial charge on any atom is 0.261 e. The molecule has 0 spiro atoms. The Hall–Kier alpha value is -3.45. The number of fused-ring (bicyclic) bond motifs is 3. The smallest absolute Gasteiger partial charge is 0.261 e. The molecular formula is C25H24N2O4S. The SMILES string of the molecule is COc1cccc(C2Nc3ccc(S(=O)(=O)Nc4ccccc4)cc3C3C=CCC32)c1O. The minimum absolute atomic E-state index is 0.0497. The number of sulfonamides is 1. The molecule has 0 saturated carbocycles. The van der Waals surface area contributed by atoms with Gasteiger partial charge < -0.3 is 15.2 Å². The second kappa shape index (κ2) is 7.91. The molecule has 1 aliphatic heterocycles. The number of anilines is 2. The number of methoxy groups -OCH3 is 1. The van der Waals surface area contributed by atoms with Crippen LogP contribution in [0, 0.1) is 5.92 Å². The third kappa shape index (κ3) is 3.48. The first-order valence-corrected chi connectivity index (χ1v) is 12.0. The molecule has 0 amide bonds. The van der Waals surface area contributed by atoms with Crippen LogP contribution in [0.25, 0.3) is 0 Å². The molecule has 2 aliphatic rings. The van der Waals surface area contributed by atoms with E-state index in [0.717, 1.165) is 23.2 Å². The average molecular weight is 449 g/mol. The first-order valence-electron chi connectivity index (χ1n) is 10.5. The van der Waals surface area contributed by atoms with Crippen molar-refractivity contribution in [2.24, 2.45) is 5.92 Å². The molecule has 0 radical (unpaired) electrons. The van der Waals surface area contributed by atoms with Crippen LogP contribution >= 0.6 is 0 Å². The van der Waals surface area contributed by atoms with Crippen molar-refractivity contribution in [3.8, 4) is 11.5 Å². The van der Waals surface area contributed by atoms with Crippen LogP contribution in [-0.2, 0) is 10.0 Å². The summed E-state index contributed by atoms with van der Waals surface area (Å²) in [4.78, 5) is 0.226. The Kier molecular flexibility index (Phi) is 5.06. The number of nitrogens with one attached hydrogen (secondary N) is 2. The van der Waals surface area contributed by atoms with E-state index in [1.807, 2.05) is 24.3 Å². The molecule has 7 heteroatoms. The fourth-order valence-corrected chi connectivity index (χ4v) is 5.82. The van der Waals surface area contributed by atoms with Crippen LogP contribution in [0.3, 0.4) is 0 Å². The zero-order valence-electron chi connectivity index (χ0n) is 17.5. The molecule has 0 saturated heterocycles. The Bertz CT molecular complexity index is 1290. The Labute approximate surface area is 187 Å². The number of phenols is 1. The van der Waals surface area contributed by atoms with Crippen LogP contribution in [0.4, 0.5) is 11.4 Å². The lowest BCUT2D eigenvalue weighted by atomic mass is 9.77. The van der Waals surface area contributed by atoms with Gasteiger partial charge in [0.2, 0.25) is 0 Å². The van der Waals surface area contributed by atoms with Crippen molar-refractivity contribution in [3.63, 3.8) is 0 Å². The second-order valence-electron chi connectivity index (χ2n) is 8.09. The van der Waals surface area contributed by atoms with E-state index in [1.165, 1.54) is 7.11 Å². The molecule has 5 rings (SSSR count). The van der Waals surface area contributed by atoms with Gasteiger partial charge in [0.25, 0.3) is 10.0 Å². The van der Waals surface area contributed by atoms with E-state index in [-0.39, 0.29) is 28.5 Å². The number of allylic oxidation sites excluding steroid dienone is 2. The second-order valence-corrected chi connectivity index (χ2v) is 9.78. The highest BCUT2D eigenvalue weighted by Crippen LogP contribution is 2.52. The Morgan fingerprint density at radius 3 is 2.62 bits per heavy atom. The maximum absolute atomic E-state index is 13.0. The van der Waals surface area contributed by atoms with Gasteiger partial charge in [-0.2, -0.15) is 0 Å². The molecule has 0 aromatic heterocycles. The topological polar surface area (TPSA) is 87.7 Å². The van der Waals surface area contributed by atoms with Gasteiger partial charge in [0.1, 0.15) is 0 Å². The van der Waals surface area contributed by atoms with E-state index < -0.39 is 10.0 Å². The Balaban J connectivity index is 1.51. The van der Waals surface area contributed by atoms with Gasteiger partial charge in [0.05, 0.1) is 18.0 Å². The van der Waals surface area contributed by atoms with Gasteiger partial charge in [-0.05, 0) is 54.3 Å². The number of aromatic hydroxyl groups is 1. The lowest BCUT2D eigenvalue weighted by Crippen LogP contribution is -2.29. The third-order valence-corrected chi connectivity index (χ3v) is 7.63. The molecule has 3 unspecified atom stereocenters. The molecule has 0 bridgehead atoms. The molecule has 0 fully saturated rings. The first kappa shape index (κ1) is 20.5. The molecular weight excluding hydrogens is 424 g/mol. The van der Waals surface area contributed by atoms with Gasteiger partial charge in [0.15, 0.2) is 11.5 Å². The van der Waals surface area contributed by atoms with E-state index in [9.17, 15) is 13.5 Å². The van der Waals surface area contributed by atoms with Crippen molar-refractivity contribution in [2.45, 2.75) is 23.3 Å². The standard InChI is InChI=1S/C25H24N2O4S/c1-31-23-12-6-11-20(25(23)28)24-19-10-5-9-18(19)21-15-17(13-14-22(21)26-24)32(29,30)27-16-7-3-2-4-8-16/h2-9,11-15,18-19,24,26-28H,10H2,1H3. The van der Waals surface area contributed by atoms with Gasteiger partial charge in [-0.25, -0.2) is 8.42 Å². The van der Waals surface area contributed by atoms with E-state index in [0.29, 0.717) is 11.4 Å². The van der Waals surface area contributed by atoms with Crippen molar-refractivity contribution in [1.82, 2.24) is 0 Å². The minimum atomic E-state index is -3.72. The van der Waals surface area contributed by atoms with Crippen LogP contribution in [0.2, 0.25) is 0 Å². The summed E-state index contributed by atoms with van der Waals surface area (Å²) in [6.45, 7) is 0. The van der Waals surface area contributed by atoms with Crippen molar-refractivity contribution < 1.29 is 18.3 Å². The monoisotopic (exact) mass is 448 g/mol. The maximum atomic E-state index is 13.0. The summed E-state index contributed by atoms with van der Waals surface area (Å²) in [5.41, 5.74) is 3.11. The summed E-state index contributed by atoms with van der Waals surface area (Å²) in [7, 11) is -2.18. The molecule has 164 valence electrons. The first-order chi connectivity index (χ1) is 15.5. The van der Waals surface area contributed by atoms with Crippen molar-refractivity contribution in [3.05, 3.63) is 90.0 Å². The van der Waals surface area contributed by atoms with Gasteiger partial charge in [-0.3, -0.25) is 4.72 Å². The number of phenolic OH excluding ortho intramolecular Hbond substituents is 1. The number of benzene rings is 3.